The summed E-state index contributed by atoms with van der Waals surface area (Å²) in [7, 11) is 3.71. The highest BCUT2D eigenvalue weighted by molar-refractivity contribution is 8.76. The molecule has 2 bridgehead atoms. The number of rotatable bonds is 4. The van der Waals surface area contributed by atoms with Crippen molar-refractivity contribution in [2.24, 2.45) is 39.9 Å². The Balaban J connectivity index is 1.68. The predicted octanol–water partition coefficient (Wildman–Crippen LogP) is 5.08. The summed E-state index contributed by atoms with van der Waals surface area (Å²) in [5.41, 5.74) is -0.439. The summed E-state index contributed by atoms with van der Waals surface area (Å²) in [4.78, 5) is 12.2. The molecule has 0 aromatic heterocycles. The lowest BCUT2D eigenvalue weighted by Crippen LogP contribution is -2.67. The van der Waals surface area contributed by atoms with E-state index in [4.69, 9.17) is 0 Å². The first-order valence-corrected chi connectivity index (χ1v) is 13.1. The Morgan fingerprint density at radius 1 is 1.12 bits per heavy atom. The first-order chi connectivity index (χ1) is 12.3. The second-order valence-corrected chi connectivity index (χ2v) is 12.7. The van der Waals surface area contributed by atoms with Gasteiger partial charge in [-0.3, -0.25) is 4.79 Å². The van der Waals surface area contributed by atoms with Gasteiger partial charge in [-0.25, -0.2) is 0 Å². The molecule has 5 saturated carbocycles. The topological polar surface area (TPSA) is 57.5 Å². The van der Waals surface area contributed by atoms with Crippen LogP contribution in [0.3, 0.4) is 0 Å². The molecule has 5 heteroatoms. The lowest BCUT2D eigenvalue weighted by atomic mass is 9.35. The van der Waals surface area contributed by atoms with E-state index in [1.807, 2.05) is 28.5 Å². The maximum Gasteiger partial charge on any atom is 0.309 e. The molecule has 0 radical (unpaired) electrons. The van der Waals surface area contributed by atoms with Crippen molar-refractivity contribution in [2.75, 3.05) is 12.0 Å². The van der Waals surface area contributed by atoms with Gasteiger partial charge in [-0.1, -0.05) is 34.9 Å². The van der Waals surface area contributed by atoms with Gasteiger partial charge in [-0.2, -0.15) is 0 Å². The number of carboxylic acids is 1. The van der Waals surface area contributed by atoms with Crippen molar-refractivity contribution >= 4 is 27.6 Å². The average Bonchev–Trinajstić information content (AvgIpc) is 2.61. The van der Waals surface area contributed by atoms with E-state index >= 15 is 0 Å². The first-order valence-electron chi connectivity index (χ1n) is 10.4. The minimum Gasteiger partial charge on any atom is -0.481 e. The standard InChI is InChI=1S/C21H34O3S2/c1-19-7-4-8-20(2,18(23)24)15(19)6-10-21-9-5-13(11-16(19)21)14(17(21)22)12-26-25-3/h13-17,22H,4-12H2,1-3H3,(H,23,24)/t13-,14+,15+,16+,17-,19-,20-,21+/m1/s1. The number of carbonyl (C=O) groups is 1. The monoisotopic (exact) mass is 398 g/mol. The van der Waals surface area contributed by atoms with Gasteiger partial charge in [0.2, 0.25) is 0 Å². The molecule has 1 spiro atoms. The van der Waals surface area contributed by atoms with Crippen molar-refractivity contribution in [3.63, 3.8) is 0 Å². The van der Waals surface area contributed by atoms with E-state index in [0.717, 1.165) is 44.3 Å². The van der Waals surface area contributed by atoms with Crippen LogP contribution in [-0.4, -0.2) is 34.3 Å². The highest BCUT2D eigenvalue weighted by Gasteiger charge is 2.68. The van der Waals surface area contributed by atoms with Crippen molar-refractivity contribution in [2.45, 2.75) is 71.3 Å². The Bertz CT molecular complexity index is 584. The minimum absolute atomic E-state index is 0.0559. The van der Waals surface area contributed by atoms with Crippen LogP contribution in [0.5, 0.6) is 0 Å². The molecule has 26 heavy (non-hydrogen) atoms. The second-order valence-electron chi connectivity index (χ2n) is 10.1. The van der Waals surface area contributed by atoms with E-state index in [2.05, 4.69) is 13.2 Å². The molecule has 148 valence electrons. The second kappa shape index (κ2) is 6.59. The highest BCUT2D eigenvalue weighted by Crippen LogP contribution is 2.72. The first kappa shape index (κ1) is 19.4. The fraction of sp³-hybridized carbons (Fsp3) is 0.952. The molecule has 5 fully saturated rings. The molecule has 0 amide bonds. The predicted molar refractivity (Wildman–Crippen MR) is 109 cm³/mol. The zero-order chi connectivity index (χ0) is 18.7. The van der Waals surface area contributed by atoms with Gasteiger partial charge in [0.15, 0.2) is 0 Å². The van der Waals surface area contributed by atoms with E-state index in [1.165, 1.54) is 12.8 Å². The molecule has 0 aromatic rings. The SMILES string of the molecule is CSSC[C@H]1[C@@H]2CC[C@@]3(CC[C@H]4[C@@](C)(CCC[C@@]4(C)C(=O)O)[C@@H]3C2)[C@@H]1O. The van der Waals surface area contributed by atoms with Gasteiger partial charge in [0.1, 0.15) is 0 Å². The number of fused-ring (bicyclic) bond motifs is 3. The lowest BCUT2D eigenvalue weighted by Gasteiger charge is -2.70. The Hall–Kier alpha value is 0.130. The zero-order valence-corrected chi connectivity index (χ0v) is 18.0. The van der Waals surface area contributed by atoms with E-state index in [-0.39, 0.29) is 22.9 Å². The summed E-state index contributed by atoms with van der Waals surface area (Å²) in [6.45, 7) is 4.40. The summed E-state index contributed by atoms with van der Waals surface area (Å²) in [6, 6.07) is 0. The number of hydrogen-bond donors (Lipinski definition) is 2. The van der Waals surface area contributed by atoms with Gasteiger partial charge in [-0.15, -0.1) is 0 Å². The van der Waals surface area contributed by atoms with E-state index in [9.17, 15) is 15.0 Å². The van der Waals surface area contributed by atoms with Crippen LogP contribution in [0, 0.1) is 39.9 Å². The fourth-order valence-electron chi connectivity index (χ4n) is 8.10. The number of aliphatic carboxylic acids is 1. The average molecular weight is 399 g/mol. The smallest absolute Gasteiger partial charge is 0.309 e. The largest absolute Gasteiger partial charge is 0.481 e. The third-order valence-electron chi connectivity index (χ3n) is 9.35. The fourth-order valence-corrected chi connectivity index (χ4v) is 9.73. The maximum atomic E-state index is 12.2. The summed E-state index contributed by atoms with van der Waals surface area (Å²) in [5, 5.41) is 21.5. The van der Waals surface area contributed by atoms with Gasteiger partial charge >= 0.3 is 5.97 Å². The number of aliphatic hydroxyl groups excluding tert-OH is 1. The minimum atomic E-state index is -0.597. The normalized spacial score (nSPS) is 53.0. The van der Waals surface area contributed by atoms with Crippen LogP contribution in [-0.2, 0) is 4.79 Å². The van der Waals surface area contributed by atoms with Gasteiger partial charge in [0.25, 0.3) is 0 Å². The van der Waals surface area contributed by atoms with Crippen LogP contribution in [0.25, 0.3) is 0 Å². The summed E-state index contributed by atoms with van der Waals surface area (Å²) < 4.78 is 0. The van der Waals surface area contributed by atoms with Crippen molar-refractivity contribution in [1.82, 2.24) is 0 Å². The van der Waals surface area contributed by atoms with Crippen molar-refractivity contribution in [3.8, 4) is 0 Å². The van der Waals surface area contributed by atoms with E-state index in [0.29, 0.717) is 17.8 Å². The zero-order valence-electron chi connectivity index (χ0n) is 16.4. The molecule has 5 rings (SSSR count). The van der Waals surface area contributed by atoms with Crippen molar-refractivity contribution in [3.05, 3.63) is 0 Å². The lowest BCUT2D eigenvalue weighted by molar-refractivity contribution is -0.241. The van der Waals surface area contributed by atoms with Crippen LogP contribution < -0.4 is 0 Å². The highest BCUT2D eigenvalue weighted by atomic mass is 33.1. The molecule has 0 unspecified atom stereocenters. The quantitative estimate of drug-likeness (QED) is 0.647. The van der Waals surface area contributed by atoms with Crippen LogP contribution in [0.2, 0.25) is 0 Å². The van der Waals surface area contributed by atoms with E-state index in [1.54, 1.807) is 0 Å². The molecule has 8 atom stereocenters. The molecular weight excluding hydrogens is 364 g/mol. The summed E-state index contributed by atoms with van der Waals surface area (Å²) in [6.07, 6.45) is 10.6. The molecule has 2 N–H and O–H groups in total. The van der Waals surface area contributed by atoms with E-state index < -0.39 is 11.4 Å². The summed E-state index contributed by atoms with van der Waals surface area (Å²) >= 11 is 0. The molecule has 0 aliphatic heterocycles. The number of carboxylic acid groups (broad SMARTS) is 1. The molecule has 0 saturated heterocycles. The molecule has 0 aromatic carbocycles. The van der Waals surface area contributed by atoms with Gasteiger partial charge in [0.05, 0.1) is 11.5 Å². The molecule has 3 nitrogen and oxygen atoms in total. The Kier molecular flexibility index (Phi) is 4.93. The maximum absolute atomic E-state index is 12.2. The third-order valence-corrected chi connectivity index (χ3v) is 11.2. The van der Waals surface area contributed by atoms with Crippen molar-refractivity contribution < 1.29 is 15.0 Å². The molecular formula is C21H34O3S2. The Morgan fingerprint density at radius 3 is 2.54 bits per heavy atom. The third kappa shape index (κ3) is 2.48. The van der Waals surface area contributed by atoms with Crippen LogP contribution in [0.15, 0.2) is 0 Å². The Morgan fingerprint density at radius 2 is 1.85 bits per heavy atom. The van der Waals surface area contributed by atoms with Crippen molar-refractivity contribution in [1.29, 1.82) is 0 Å². The van der Waals surface area contributed by atoms with Crippen LogP contribution in [0.1, 0.15) is 65.2 Å². The van der Waals surface area contributed by atoms with Gasteiger partial charge < -0.3 is 10.2 Å². The van der Waals surface area contributed by atoms with Gasteiger partial charge in [-0.05, 0) is 92.6 Å². The van der Waals surface area contributed by atoms with Crippen LogP contribution >= 0.6 is 21.6 Å². The summed E-state index contributed by atoms with van der Waals surface area (Å²) in [5.74, 6) is 2.31. The molecule has 5 aliphatic rings. The molecule has 5 aliphatic carbocycles. The number of hydrogen-bond acceptors (Lipinski definition) is 4. The van der Waals surface area contributed by atoms with Gasteiger partial charge in [0, 0.05) is 5.75 Å². The van der Waals surface area contributed by atoms with Crippen LogP contribution in [0.4, 0.5) is 0 Å². The molecule has 0 heterocycles. The Labute approximate surface area is 165 Å². The number of aliphatic hydroxyl groups is 1.